The summed E-state index contributed by atoms with van der Waals surface area (Å²) in [5, 5.41) is 15.2. The van der Waals surface area contributed by atoms with E-state index >= 15 is 0 Å². The first-order chi connectivity index (χ1) is 10.1. The average Bonchev–Trinajstić information content (AvgIpc) is 2.45. The molecule has 1 amide bonds. The van der Waals surface area contributed by atoms with Gasteiger partial charge in [0, 0.05) is 15.2 Å². The lowest BCUT2D eigenvalue weighted by Gasteiger charge is -2.09. The summed E-state index contributed by atoms with van der Waals surface area (Å²) < 4.78 is 0.884. The van der Waals surface area contributed by atoms with E-state index in [2.05, 4.69) is 26.6 Å². The fraction of sp³-hybridized carbons (Fsp3) is 0.0667. The molecule has 0 saturated carbocycles. The molecule has 0 saturated heterocycles. The molecule has 0 aromatic heterocycles. The Morgan fingerprint density at radius 3 is 2.81 bits per heavy atom. The maximum absolute atomic E-state index is 11.9. The van der Waals surface area contributed by atoms with E-state index in [0.717, 1.165) is 4.47 Å². The molecule has 6 heteroatoms. The number of nitriles is 1. The third kappa shape index (κ3) is 4.48. The van der Waals surface area contributed by atoms with Gasteiger partial charge in [-0.15, -0.1) is 0 Å². The first kappa shape index (κ1) is 15.4. The number of hydrogen-bond acceptors (Lipinski definition) is 3. The summed E-state index contributed by atoms with van der Waals surface area (Å²) in [5.41, 5.74) is 1.67. The number of anilines is 2. The Morgan fingerprint density at radius 1 is 1.29 bits per heavy atom. The standard InChI is InChI=1S/C15H11BrClN3O/c16-11-2-1-3-13(6-11)20-15(21)9-19-14-7-12(17)5-4-10(14)8-18/h1-7,19H,9H2,(H,20,21). The number of rotatable bonds is 4. The topological polar surface area (TPSA) is 64.9 Å². The quantitative estimate of drug-likeness (QED) is 0.861. The first-order valence-electron chi connectivity index (χ1n) is 6.07. The van der Waals surface area contributed by atoms with E-state index in [4.69, 9.17) is 16.9 Å². The van der Waals surface area contributed by atoms with Crippen molar-refractivity contribution in [3.8, 4) is 6.07 Å². The zero-order chi connectivity index (χ0) is 15.2. The molecule has 0 radical (unpaired) electrons. The molecule has 0 atom stereocenters. The second kappa shape index (κ2) is 7.11. The molecule has 0 heterocycles. The molecule has 2 aromatic rings. The summed E-state index contributed by atoms with van der Waals surface area (Å²) in [4.78, 5) is 11.9. The maximum Gasteiger partial charge on any atom is 0.243 e. The average molecular weight is 365 g/mol. The van der Waals surface area contributed by atoms with Crippen LogP contribution in [0.25, 0.3) is 0 Å². The van der Waals surface area contributed by atoms with E-state index in [-0.39, 0.29) is 12.5 Å². The van der Waals surface area contributed by atoms with E-state index < -0.39 is 0 Å². The lowest BCUT2D eigenvalue weighted by molar-refractivity contribution is -0.114. The highest BCUT2D eigenvalue weighted by atomic mass is 79.9. The fourth-order valence-electron chi connectivity index (χ4n) is 1.71. The third-order valence-corrected chi connectivity index (χ3v) is 3.38. The Balaban J connectivity index is 1.99. The Labute approximate surface area is 135 Å². The minimum atomic E-state index is -0.211. The molecule has 0 bridgehead atoms. The Kier molecular flexibility index (Phi) is 5.20. The monoisotopic (exact) mass is 363 g/mol. The van der Waals surface area contributed by atoms with Crippen molar-refractivity contribution in [1.82, 2.24) is 0 Å². The molecular formula is C15H11BrClN3O. The highest BCUT2D eigenvalue weighted by Crippen LogP contribution is 2.20. The molecule has 0 aliphatic carbocycles. The lowest BCUT2D eigenvalue weighted by Crippen LogP contribution is -2.22. The van der Waals surface area contributed by atoms with Crippen molar-refractivity contribution in [2.45, 2.75) is 0 Å². The summed E-state index contributed by atoms with van der Waals surface area (Å²) in [5.74, 6) is -0.211. The van der Waals surface area contributed by atoms with E-state index in [9.17, 15) is 4.79 Å². The van der Waals surface area contributed by atoms with Gasteiger partial charge in [-0.25, -0.2) is 0 Å². The van der Waals surface area contributed by atoms with Crippen LogP contribution in [-0.2, 0) is 4.79 Å². The number of nitrogens with zero attached hydrogens (tertiary/aromatic N) is 1. The molecule has 0 aliphatic heterocycles. The number of amides is 1. The van der Waals surface area contributed by atoms with Crippen LogP contribution in [0.5, 0.6) is 0 Å². The molecule has 2 rings (SSSR count). The zero-order valence-electron chi connectivity index (χ0n) is 10.9. The second-order valence-electron chi connectivity index (χ2n) is 4.21. The van der Waals surface area contributed by atoms with Gasteiger partial charge in [-0.2, -0.15) is 5.26 Å². The predicted molar refractivity (Wildman–Crippen MR) is 87.4 cm³/mol. The lowest BCUT2D eigenvalue weighted by atomic mass is 10.2. The van der Waals surface area contributed by atoms with Crippen LogP contribution in [-0.4, -0.2) is 12.5 Å². The van der Waals surface area contributed by atoms with Gasteiger partial charge < -0.3 is 10.6 Å². The zero-order valence-corrected chi connectivity index (χ0v) is 13.2. The molecule has 0 spiro atoms. The molecule has 2 N–H and O–H groups in total. The van der Waals surface area contributed by atoms with Gasteiger partial charge in [0.15, 0.2) is 0 Å². The second-order valence-corrected chi connectivity index (χ2v) is 5.57. The van der Waals surface area contributed by atoms with E-state index in [1.54, 1.807) is 30.3 Å². The highest BCUT2D eigenvalue weighted by molar-refractivity contribution is 9.10. The van der Waals surface area contributed by atoms with Crippen molar-refractivity contribution in [3.05, 3.63) is 57.5 Å². The van der Waals surface area contributed by atoms with Crippen LogP contribution in [0.4, 0.5) is 11.4 Å². The Bertz CT molecular complexity index is 712. The van der Waals surface area contributed by atoms with Crippen molar-refractivity contribution < 1.29 is 4.79 Å². The number of carbonyl (C=O) groups excluding carboxylic acids is 1. The van der Waals surface area contributed by atoms with Crippen LogP contribution < -0.4 is 10.6 Å². The van der Waals surface area contributed by atoms with Gasteiger partial charge in [-0.1, -0.05) is 33.6 Å². The summed E-state index contributed by atoms with van der Waals surface area (Å²) in [6.45, 7) is 0.0432. The van der Waals surface area contributed by atoms with E-state index in [0.29, 0.717) is 22.0 Å². The van der Waals surface area contributed by atoms with Crippen molar-refractivity contribution in [2.24, 2.45) is 0 Å². The van der Waals surface area contributed by atoms with Gasteiger partial charge >= 0.3 is 0 Å². The molecule has 4 nitrogen and oxygen atoms in total. The van der Waals surface area contributed by atoms with Crippen LogP contribution in [0.2, 0.25) is 5.02 Å². The summed E-state index contributed by atoms with van der Waals surface area (Å²) >= 11 is 9.22. The SMILES string of the molecule is N#Cc1ccc(Cl)cc1NCC(=O)Nc1cccc(Br)c1. The molecule has 106 valence electrons. The smallest absolute Gasteiger partial charge is 0.243 e. The van der Waals surface area contributed by atoms with Crippen molar-refractivity contribution in [3.63, 3.8) is 0 Å². The fourth-order valence-corrected chi connectivity index (χ4v) is 2.28. The minimum absolute atomic E-state index is 0.0432. The molecule has 0 unspecified atom stereocenters. The molecule has 0 fully saturated rings. The van der Waals surface area contributed by atoms with Crippen LogP contribution in [0.3, 0.4) is 0 Å². The summed E-state index contributed by atoms with van der Waals surface area (Å²) in [7, 11) is 0. The highest BCUT2D eigenvalue weighted by Gasteiger charge is 2.06. The number of nitrogens with one attached hydrogen (secondary N) is 2. The number of carbonyl (C=O) groups is 1. The molecule has 21 heavy (non-hydrogen) atoms. The van der Waals surface area contributed by atoms with Crippen molar-refractivity contribution in [1.29, 1.82) is 5.26 Å². The Morgan fingerprint density at radius 2 is 2.10 bits per heavy atom. The van der Waals surface area contributed by atoms with Gasteiger partial charge in [-0.05, 0) is 36.4 Å². The van der Waals surface area contributed by atoms with E-state index in [1.807, 2.05) is 18.2 Å². The first-order valence-corrected chi connectivity index (χ1v) is 7.24. The molecule has 2 aromatic carbocycles. The van der Waals surface area contributed by atoms with Gasteiger partial charge in [-0.3, -0.25) is 4.79 Å². The normalized spacial score (nSPS) is 9.76. The van der Waals surface area contributed by atoms with Crippen molar-refractivity contribution in [2.75, 3.05) is 17.2 Å². The molecular weight excluding hydrogens is 354 g/mol. The van der Waals surface area contributed by atoms with Gasteiger partial charge in [0.1, 0.15) is 6.07 Å². The van der Waals surface area contributed by atoms with Crippen LogP contribution in [0.15, 0.2) is 46.9 Å². The van der Waals surface area contributed by atoms with Gasteiger partial charge in [0.05, 0.1) is 17.8 Å². The number of hydrogen-bond donors (Lipinski definition) is 2. The number of benzene rings is 2. The van der Waals surface area contributed by atoms with Gasteiger partial charge in [0.2, 0.25) is 5.91 Å². The predicted octanol–water partition coefficient (Wildman–Crippen LogP) is 4.02. The molecule has 0 aliphatic rings. The minimum Gasteiger partial charge on any atom is -0.375 e. The maximum atomic E-state index is 11.9. The van der Waals surface area contributed by atoms with Crippen molar-refractivity contribution >= 4 is 44.8 Å². The summed E-state index contributed by atoms with van der Waals surface area (Å²) in [6, 6.07) is 14.2. The van der Waals surface area contributed by atoms with E-state index in [1.165, 1.54) is 0 Å². The third-order valence-electron chi connectivity index (χ3n) is 2.65. The van der Waals surface area contributed by atoms with Gasteiger partial charge in [0.25, 0.3) is 0 Å². The van der Waals surface area contributed by atoms with Crippen LogP contribution >= 0.6 is 27.5 Å². The largest absolute Gasteiger partial charge is 0.375 e. The van der Waals surface area contributed by atoms with Crippen LogP contribution in [0.1, 0.15) is 5.56 Å². The number of halogens is 2. The van der Waals surface area contributed by atoms with Crippen LogP contribution in [0, 0.1) is 11.3 Å². The summed E-state index contributed by atoms with van der Waals surface area (Å²) in [6.07, 6.45) is 0. The Hall–Kier alpha value is -2.03.